The molecule has 0 aromatic rings. The van der Waals surface area contributed by atoms with Gasteiger partial charge in [0.05, 0.1) is 5.92 Å². The molecule has 1 atom stereocenters. The number of alkyl carbamates (subject to hydrolysis) is 1. The van der Waals surface area contributed by atoms with Gasteiger partial charge in [0, 0.05) is 6.54 Å². The molecule has 1 amide bonds. The van der Waals surface area contributed by atoms with Crippen molar-refractivity contribution in [3.05, 3.63) is 12.7 Å². The van der Waals surface area contributed by atoms with Crippen LogP contribution in [0, 0.1) is 5.92 Å². The number of ether oxygens (including phenoxy) is 1. The van der Waals surface area contributed by atoms with E-state index in [1.807, 2.05) is 0 Å². The smallest absolute Gasteiger partial charge is 0.407 e. The summed E-state index contributed by atoms with van der Waals surface area (Å²) in [6.07, 6.45) is 2.14. The minimum atomic E-state index is -0.816. The fourth-order valence-corrected chi connectivity index (χ4v) is 0.908. The summed E-state index contributed by atoms with van der Waals surface area (Å²) < 4.78 is 4.66. The second kappa shape index (κ2) is 7.84. The van der Waals surface area contributed by atoms with Crippen molar-refractivity contribution in [3.8, 4) is 0 Å². The van der Waals surface area contributed by atoms with Crippen LogP contribution < -0.4 is 5.32 Å². The van der Waals surface area contributed by atoms with Crippen molar-refractivity contribution in [1.29, 1.82) is 0 Å². The first-order valence-corrected chi connectivity index (χ1v) is 4.82. The molecule has 15 heavy (non-hydrogen) atoms. The first-order chi connectivity index (χ1) is 7.07. The molecule has 0 aliphatic heterocycles. The molecule has 5 nitrogen and oxygen atoms in total. The quantitative estimate of drug-likeness (QED) is 0.497. The number of aliphatic carboxylic acids is 1. The Bertz CT molecular complexity index is 227. The Morgan fingerprint density at radius 3 is 2.80 bits per heavy atom. The average molecular weight is 215 g/mol. The van der Waals surface area contributed by atoms with E-state index in [9.17, 15) is 9.59 Å². The predicted octanol–water partition coefficient (Wildman–Crippen LogP) is 1.40. The van der Waals surface area contributed by atoms with E-state index in [-0.39, 0.29) is 12.5 Å². The summed E-state index contributed by atoms with van der Waals surface area (Å²) >= 11 is 0. The second-order valence-electron chi connectivity index (χ2n) is 3.20. The highest BCUT2D eigenvalue weighted by atomic mass is 16.5. The molecule has 0 aliphatic carbocycles. The molecule has 0 saturated heterocycles. The van der Waals surface area contributed by atoms with Gasteiger partial charge in [-0.25, -0.2) is 4.79 Å². The Hall–Kier alpha value is -1.52. The lowest BCUT2D eigenvalue weighted by atomic mass is 10.1. The molecular weight excluding hydrogens is 198 g/mol. The molecule has 0 heterocycles. The molecule has 0 spiro atoms. The fraction of sp³-hybridized carbons (Fsp3) is 0.600. The van der Waals surface area contributed by atoms with E-state index in [1.165, 1.54) is 6.08 Å². The Morgan fingerprint density at radius 2 is 2.27 bits per heavy atom. The lowest BCUT2D eigenvalue weighted by molar-refractivity contribution is -0.141. The first-order valence-electron chi connectivity index (χ1n) is 4.82. The summed E-state index contributed by atoms with van der Waals surface area (Å²) in [5.74, 6) is -1.19. The van der Waals surface area contributed by atoms with Crippen molar-refractivity contribution in [1.82, 2.24) is 5.32 Å². The van der Waals surface area contributed by atoms with E-state index < -0.39 is 12.1 Å². The molecule has 0 rings (SSSR count). The van der Waals surface area contributed by atoms with Crippen LogP contribution in [0.25, 0.3) is 0 Å². The van der Waals surface area contributed by atoms with Gasteiger partial charge in [-0.2, -0.15) is 0 Å². The van der Waals surface area contributed by atoms with Crippen LogP contribution in [0.5, 0.6) is 0 Å². The minimum absolute atomic E-state index is 0.178. The van der Waals surface area contributed by atoms with E-state index in [2.05, 4.69) is 16.6 Å². The number of rotatable bonds is 7. The molecule has 2 N–H and O–H groups in total. The number of carbonyl (C=O) groups excluding carboxylic acids is 1. The highest BCUT2D eigenvalue weighted by molar-refractivity contribution is 5.69. The van der Waals surface area contributed by atoms with Gasteiger partial charge in [0.2, 0.25) is 0 Å². The lowest BCUT2D eigenvalue weighted by Crippen LogP contribution is -2.26. The zero-order valence-corrected chi connectivity index (χ0v) is 8.86. The van der Waals surface area contributed by atoms with E-state index in [0.29, 0.717) is 19.4 Å². The van der Waals surface area contributed by atoms with Crippen LogP contribution in [0.3, 0.4) is 0 Å². The third kappa shape index (κ3) is 7.54. The zero-order chi connectivity index (χ0) is 11.7. The van der Waals surface area contributed by atoms with Crippen molar-refractivity contribution in [3.63, 3.8) is 0 Å². The summed E-state index contributed by atoms with van der Waals surface area (Å²) in [5.41, 5.74) is 0. The number of carboxylic acid groups (broad SMARTS) is 1. The fourth-order valence-electron chi connectivity index (χ4n) is 0.908. The molecule has 86 valence electrons. The molecule has 5 heteroatoms. The van der Waals surface area contributed by atoms with Gasteiger partial charge in [-0.15, -0.1) is 0 Å². The largest absolute Gasteiger partial charge is 0.481 e. The third-order valence-corrected chi connectivity index (χ3v) is 1.84. The highest BCUT2D eigenvalue weighted by Crippen LogP contribution is 2.04. The molecule has 1 unspecified atom stereocenters. The first kappa shape index (κ1) is 13.5. The number of amides is 1. The number of carbonyl (C=O) groups is 2. The minimum Gasteiger partial charge on any atom is -0.481 e. The standard InChI is InChI=1S/C10H17NO4/c1-3-7-15-10(14)11-6-4-5-8(2)9(12)13/h3,8H,1,4-7H2,2H3,(H,11,14)(H,12,13). The van der Waals surface area contributed by atoms with Crippen molar-refractivity contribution in [2.75, 3.05) is 13.2 Å². The molecular formula is C10H17NO4. The summed E-state index contributed by atoms with van der Waals surface area (Å²) in [7, 11) is 0. The van der Waals surface area contributed by atoms with Crippen LogP contribution in [-0.4, -0.2) is 30.3 Å². The van der Waals surface area contributed by atoms with E-state index >= 15 is 0 Å². The van der Waals surface area contributed by atoms with Gasteiger partial charge in [-0.1, -0.05) is 19.6 Å². The van der Waals surface area contributed by atoms with Gasteiger partial charge in [0.25, 0.3) is 0 Å². The molecule has 0 fully saturated rings. The number of carboxylic acids is 1. The summed E-state index contributed by atoms with van der Waals surface area (Å²) in [4.78, 5) is 21.3. The van der Waals surface area contributed by atoms with Gasteiger partial charge in [0.1, 0.15) is 6.61 Å². The van der Waals surface area contributed by atoms with Gasteiger partial charge in [0.15, 0.2) is 0 Å². The normalized spacial score (nSPS) is 11.5. The van der Waals surface area contributed by atoms with Crippen LogP contribution in [0.4, 0.5) is 4.79 Å². The maximum absolute atomic E-state index is 10.9. The third-order valence-electron chi connectivity index (χ3n) is 1.84. The Kier molecular flexibility index (Phi) is 7.05. The van der Waals surface area contributed by atoms with Crippen molar-refractivity contribution in [2.45, 2.75) is 19.8 Å². The van der Waals surface area contributed by atoms with Crippen LogP contribution in [-0.2, 0) is 9.53 Å². The van der Waals surface area contributed by atoms with Gasteiger partial charge >= 0.3 is 12.1 Å². The topological polar surface area (TPSA) is 75.6 Å². The van der Waals surface area contributed by atoms with Crippen molar-refractivity contribution in [2.24, 2.45) is 5.92 Å². The molecule has 0 aromatic carbocycles. The Morgan fingerprint density at radius 1 is 1.60 bits per heavy atom. The number of nitrogens with one attached hydrogen (secondary N) is 1. The Labute approximate surface area is 89.1 Å². The second-order valence-corrected chi connectivity index (χ2v) is 3.20. The Balaban J connectivity index is 3.41. The van der Waals surface area contributed by atoms with Gasteiger partial charge in [-0.3, -0.25) is 4.79 Å². The molecule has 0 bridgehead atoms. The van der Waals surface area contributed by atoms with Crippen LogP contribution in [0.1, 0.15) is 19.8 Å². The maximum atomic E-state index is 10.9. The van der Waals surface area contributed by atoms with Gasteiger partial charge in [-0.05, 0) is 12.8 Å². The van der Waals surface area contributed by atoms with Crippen LogP contribution >= 0.6 is 0 Å². The molecule has 0 radical (unpaired) electrons. The maximum Gasteiger partial charge on any atom is 0.407 e. The SMILES string of the molecule is C=CCOC(=O)NCCCC(C)C(=O)O. The van der Waals surface area contributed by atoms with Crippen molar-refractivity contribution < 1.29 is 19.4 Å². The average Bonchev–Trinajstić information content (AvgIpc) is 2.20. The number of hydrogen-bond acceptors (Lipinski definition) is 3. The molecule has 0 aromatic heterocycles. The predicted molar refractivity (Wildman–Crippen MR) is 55.6 cm³/mol. The zero-order valence-electron chi connectivity index (χ0n) is 8.86. The van der Waals surface area contributed by atoms with Crippen molar-refractivity contribution >= 4 is 12.1 Å². The van der Waals surface area contributed by atoms with Gasteiger partial charge < -0.3 is 15.2 Å². The van der Waals surface area contributed by atoms with Crippen LogP contribution in [0.15, 0.2) is 12.7 Å². The lowest BCUT2D eigenvalue weighted by Gasteiger charge is -2.07. The van der Waals surface area contributed by atoms with E-state index in [0.717, 1.165) is 0 Å². The molecule has 0 saturated carbocycles. The monoisotopic (exact) mass is 215 g/mol. The van der Waals surface area contributed by atoms with E-state index in [1.54, 1.807) is 6.92 Å². The van der Waals surface area contributed by atoms with E-state index in [4.69, 9.17) is 5.11 Å². The summed E-state index contributed by atoms with van der Waals surface area (Å²) in [6.45, 7) is 5.64. The summed E-state index contributed by atoms with van der Waals surface area (Å²) in [6, 6.07) is 0. The number of hydrogen-bond donors (Lipinski definition) is 2. The van der Waals surface area contributed by atoms with Crippen LogP contribution in [0.2, 0.25) is 0 Å². The summed E-state index contributed by atoms with van der Waals surface area (Å²) in [5, 5.41) is 11.1. The molecule has 0 aliphatic rings. The highest BCUT2D eigenvalue weighted by Gasteiger charge is 2.09.